The van der Waals surface area contributed by atoms with Crippen LogP contribution in [-0.2, 0) is 0 Å². The number of nitrogens with zero attached hydrogens (tertiary/aromatic N) is 1. The highest BCUT2D eigenvalue weighted by Crippen LogP contribution is 2.28. The van der Waals surface area contributed by atoms with Gasteiger partial charge in [0.25, 0.3) is 5.91 Å². The summed E-state index contributed by atoms with van der Waals surface area (Å²) in [5.41, 5.74) is 0.142. The molecule has 0 bridgehead atoms. The molecule has 1 aliphatic rings. The molecule has 2 unspecified atom stereocenters. The average molecular weight is 332 g/mol. The molecule has 2 nitrogen and oxygen atoms in total. The molecule has 0 saturated carbocycles. The van der Waals surface area contributed by atoms with E-state index in [4.69, 9.17) is 0 Å². The summed E-state index contributed by atoms with van der Waals surface area (Å²) in [6.45, 7) is 5.54. The van der Waals surface area contributed by atoms with Crippen LogP contribution in [0.2, 0.25) is 0 Å². The third-order valence-electron chi connectivity index (χ3n) is 2.88. The highest BCUT2D eigenvalue weighted by atomic mass is 79.9. The zero-order chi connectivity index (χ0) is 13.3. The van der Waals surface area contributed by atoms with Gasteiger partial charge in [-0.3, -0.25) is 4.79 Å². The van der Waals surface area contributed by atoms with Crippen LogP contribution in [-0.4, -0.2) is 34.4 Å². The normalized spacial score (nSPS) is 24.1. The van der Waals surface area contributed by atoms with E-state index in [1.54, 1.807) is 17.0 Å². The highest BCUT2D eigenvalue weighted by molar-refractivity contribution is 9.10. The van der Waals surface area contributed by atoms with E-state index < -0.39 is 5.82 Å². The zero-order valence-corrected chi connectivity index (χ0v) is 12.7. The molecule has 1 aromatic carbocycles. The van der Waals surface area contributed by atoms with E-state index in [0.717, 1.165) is 0 Å². The fraction of sp³-hybridized carbons (Fsp3) is 0.462. The molecule has 1 aromatic rings. The van der Waals surface area contributed by atoms with Crippen molar-refractivity contribution in [2.75, 3.05) is 13.1 Å². The van der Waals surface area contributed by atoms with Crippen LogP contribution in [0.5, 0.6) is 0 Å². The first-order chi connectivity index (χ1) is 8.49. The Morgan fingerprint density at radius 3 is 2.56 bits per heavy atom. The Kier molecular flexibility index (Phi) is 4.33. The fourth-order valence-corrected chi connectivity index (χ4v) is 4.04. The topological polar surface area (TPSA) is 20.3 Å². The molecular formula is C13H15BrFNOS. The van der Waals surface area contributed by atoms with Crippen LogP contribution in [0.15, 0.2) is 22.7 Å². The van der Waals surface area contributed by atoms with E-state index in [1.807, 2.05) is 11.8 Å². The molecule has 1 fully saturated rings. The van der Waals surface area contributed by atoms with Crippen LogP contribution in [0.4, 0.5) is 4.39 Å². The van der Waals surface area contributed by atoms with Gasteiger partial charge < -0.3 is 4.90 Å². The molecule has 0 radical (unpaired) electrons. The lowest BCUT2D eigenvalue weighted by Gasteiger charge is -2.34. The van der Waals surface area contributed by atoms with Crippen molar-refractivity contribution < 1.29 is 9.18 Å². The van der Waals surface area contributed by atoms with Gasteiger partial charge in [-0.05, 0) is 28.1 Å². The summed E-state index contributed by atoms with van der Waals surface area (Å²) >= 11 is 5.12. The maximum absolute atomic E-state index is 13.8. The number of hydrogen-bond donors (Lipinski definition) is 0. The number of carbonyl (C=O) groups excluding carboxylic acids is 1. The summed E-state index contributed by atoms with van der Waals surface area (Å²) in [5.74, 6) is -0.688. The van der Waals surface area contributed by atoms with Gasteiger partial charge in [0.05, 0.1) is 5.56 Å². The average Bonchev–Trinajstić information content (AvgIpc) is 2.27. The van der Waals surface area contributed by atoms with E-state index in [-0.39, 0.29) is 11.5 Å². The second-order valence-corrected chi connectivity index (χ2v) is 7.30. The van der Waals surface area contributed by atoms with E-state index in [2.05, 4.69) is 29.8 Å². The molecule has 0 spiro atoms. The van der Waals surface area contributed by atoms with Crippen LogP contribution in [0.3, 0.4) is 0 Å². The largest absolute Gasteiger partial charge is 0.336 e. The molecule has 1 heterocycles. The van der Waals surface area contributed by atoms with E-state index in [0.29, 0.717) is 28.1 Å². The second-order valence-electron chi connectivity index (χ2n) is 4.56. The van der Waals surface area contributed by atoms with E-state index in [9.17, 15) is 9.18 Å². The predicted molar refractivity (Wildman–Crippen MR) is 76.5 cm³/mol. The van der Waals surface area contributed by atoms with Gasteiger partial charge in [-0.2, -0.15) is 11.8 Å². The van der Waals surface area contributed by atoms with Gasteiger partial charge in [-0.15, -0.1) is 0 Å². The molecule has 1 aliphatic heterocycles. The van der Waals surface area contributed by atoms with Gasteiger partial charge in [-0.25, -0.2) is 4.39 Å². The van der Waals surface area contributed by atoms with Crippen molar-refractivity contribution in [3.05, 3.63) is 34.1 Å². The van der Waals surface area contributed by atoms with Crippen LogP contribution < -0.4 is 0 Å². The van der Waals surface area contributed by atoms with Gasteiger partial charge in [0.2, 0.25) is 0 Å². The van der Waals surface area contributed by atoms with Crippen LogP contribution in [0.25, 0.3) is 0 Å². The number of benzene rings is 1. The van der Waals surface area contributed by atoms with Crippen LogP contribution >= 0.6 is 27.7 Å². The van der Waals surface area contributed by atoms with Crippen molar-refractivity contribution in [2.45, 2.75) is 24.3 Å². The lowest BCUT2D eigenvalue weighted by molar-refractivity contribution is 0.0747. The van der Waals surface area contributed by atoms with Crippen molar-refractivity contribution in [3.8, 4) is 0 Å². The highest BCUT2D eigenvalue weighted by Gasteiger charge is 2.28. The van der Waals surface area contributed by atoms with Crippen molar-refractivity contribution >= 4 is 33.6 Å². The number of amides is 1. The van der Waals surface area contributed by atoms with Crippen molar-refractivity contribution in [3.63, 3.8) is 0 Å². The van der Waals surface area contributed by atoms with Crippen molar-refractivity contribution in [2.24, 2.45) is 0 Å². The monoisotopic (exact) mass is 331 g/mol. The molecular weight excluding hydrogens is 317 g/mol. The summed E-state index contributed by atoms with van der Waals surface area (Å²) in [6.07, 6.45) is 0. The summed E-state index contributed by atoms with van der Waals surface area (Å²) in [4.78, 5) is 14.1. The number of halogens is 2. The lowest BCUT2D eigenvalue weighted by atomic mass is 10.1. The van der Waals surface area contributed by atoms with Gasteiger partial charge in [0.15, 0.2) is 0 Å². The summed E-state index contributed by atoms with van der Waals surface area (Å²) in [5, 5.41) is 0.784. The Morgan fingerprint density at radius 1 is 1.39 bits per heavy atom. The van der Waals surface area contributed by atoms with Crippen LogP contribution in [0.1, 0.15) is 24.2 Å². The molecule has 2 rings (SSSR count). The Hall–Kier alpha value is -0.550. The Labute approximate surface area is 119 Å². The maximum Gasteiger partial charge on any atom is 0.258 e. The molecule has 18 heavy (non-hydrogen) atoms. The summed E-state index contributed by atoms with van der Waals surface area (Å²) in [7, 11) is 0. The van der Waals surface area contributed by atoms with Gasteiger partial charge in [0, 0.05) is 28.1 Å². The van der Waals surface area contributed by atoms with Gasteiger partial charge in [0.1, 0.15) is 5.82 Å². The molecule has 1 amide bonds. The summed E-state index contributed by atoms with van der Waals surface area (Å²) in [6, 6.07) is 4.61. The molecule has 0 aliphatic carbocycles. The van der Waals surface area contributed by atoms with Gasteiger partial charge in [-0.1, -0.05) is 19.9 Å². The quantitative estimate of drug-likeness (QED) is 0.784. The minimum Gasteiger partial charge on any atom is -0.336 e. The minimum absolute atomic E-state index is 0.142. The molecule has 0 aromatic heterocycles. The second kappa shape index (κ2) is 5.61. The van der Waals surface area contributed by atoms with Crippen LogP contribution in [0, 0.1) is 5.82 Å². The minimum atomic E-state index is -0.465. The standard InChI is InChI=1S/C13H15BrFNOS/c1-8-6-16(7-9(2)18-8)13(17)12-10(14)4-3-5-11(12)15/h3-5,8-9H,6-7H2,1-2H3. The predicted octanol–water partition coefficient (Wildman–Crippen LogP) is 3.55. The molecule has 1 saturated heterocycles. The molecule has 0 N–H and O–H groups in total. The SMILES string of the molecule is CC1CN(C(=O)c2c(F)cccc2Br)CC(C)S1. The van der Waals surface area contributed by atoms with E-state index >= 15 is 0 Å². The number of thioether (sulfide) groups is 1. The third-order valence-corrected chi connectivity index (χ3v) is 4.77. The lowest BCUT2D eigenvalue weighted by Crippen LogP contribution is -2.44. The number of rotatable bonds is 1. The molecule has 5 heteroatoms. The first-order valence-corrected chi connectivity index (χ1v) is 7.61. The van der Waals surface area contributed by atoms with Crippen molar-refractivity contribution in [1.82, 2.24) is 4.90 Å². The molecule has 2 atom stereocenters. The fourth-order valence-electron chi connectivity index (χ4n) is 2.20. The number of hydrogen-bond acceptors (Lipinski definition) is 2. The van der Waals surface area contributed by atoms with Gasteiger partial charge >= 0.3 is 0 Å². The van der Waals surface area contributed by atoms with E-state index in [1.165, 1.54) is 6.07 Å². The first-order valence-electron chi connectivity index (χ1n) is 5.87. The zero-order valence-electron chi connectivity index (χ0n) is 10.3. The third kappa shape index (κ3) is 2.88. The maximum atomic E-state index is 13.8. The molecule has 98 valence electrons. The van der Waals surface area contributed by atoms with Crippen molar-refractivity contribution in [1.29, 1.82) is 0 Å². The Morgan fingerprint density at radius 2 is 2.00 bits per heavy atom. The Bertz CT molecular complexity index is 438. The first kappa shape index (κ1) is 13.9. The summed E-state index contributed by atoms with van der Waals surface area (Å²) < 4.78 is 14.3. The number of carbonyl (C=O) groups is 1. The smallest absolute Gasteiger partial charge is 0.258 e. The Balaban J connectivity index is 2.26.